The summed E-state index contributed by atoms with van der Waals surface area (Å²) in [5, 5.41) is 0. The van der Waals surface area contributed by atoms with Gasteiger partial charge < -0.3 is 4.74 Å². The van der Waals surface area contributed by atoms with Crippen molar-refractivity contribution in [3.63, 3.8) is 0 Å². The van der Waals surface area contributed by atoms with E-state index in [2.05, 4.69) is 19.1 Å². The molecule has 0 aromatic rings. The van der Waals surface area contributed by atoms with Gasteiger partial charge in [0.15, 0.2) is 0 Å². The molecule has 0 heterocycles. The van der Waals surface area contributed by atoms with Crippen molar-refractivity contribution < 1.29 is 4.74 Å². The summed E-state index contributed by atoms with van der Waals surface area (Å²) < 4.78 is 5.44. The van der Waals surface area contributed by atoms with E-state index in [0.29, 0.717) is 0 Å². The van der Waals surface area contributed by atoms with Gasteiger partial charge in [-0.3, -0.25) is 0 Å². The fraction of sp³-hybridized carbons (Fsp3) is 0.800. The molecular formula is C10H16O. The number of ether oxygens (including phenoxy) is 1. The molecule has 11 heavy (non-hydrogen) atoms. The molecule has 1 saturated carbocycles. The summed E-state index contributed by atoms with van der Waals surface area (Å²) in [4.78, 5) is 0. The maximum absolute atomic E-state index is 5.44. The van der Waals surface area contributed by atoms with Gasteiger partial charge in [-0.2, -0.15) is 0 Å². The predicted molar refractivity (Wildman–Crippen MR) is 45.3 cm³/mol. The zero-order chi connectivity index (χ0) is 7.68. The summed E-state index contributed by atoms with van der Waals surface area (Å²) >= 11 is 0. The molecule has 2 aliphatic carbocycles. The molecule has 2 aliphatic rings. The van der Waals surface area contributed by atoms with Gasteiger partial charge in [0.25, 0.3) is 0 Å². The highest BCUT2D eigenvalue weighted by atomic mass is 16.5. The van der Waals surface area contributed by atoms with Crippen LogP contribution in [0.15, 0.2) is 12.2 Å². The van der Waals surface area contributed by atoms with Gasteiger partial charge >= 0.3 is 0 Å². The zero-order valence-electron chi connectivity index (χ0n) is 7.12. The Morgan fingerprint density at radius 2 is 2.27 bits per heavy atom. The van der Waals surface area contributed by atoms with E-state index in [1.807, 2.05) is 0 Å². The van der Waals surface area contributed by atoms with Crippen molar-refractivity contribution in [3.05, 3.63) is 12.2 Å². The second-order valence-electron chi connectivity index (χ2n) is 3.70. The van der Waals surface area contributed by atoms with Crippen molar-refractivity contribution >= 4 is 0 Å². The number of rotatable bonds is 3. The standard InChI is InChI=1S/C10H16O/c1-2-11-7-10-6-8-3-4-9(10)5-8/h3-4,8-10H,2,5-7H2,1H3. The van der Waals surface area contributed by atoms with E-state index in [1.165, 1.54) is 12.8 Å². The Balaban J connectivity index is 1.84. The molecule has 2 bridgehead atoms. The third kappa shape index (κ3) is 1.34. The van der Waals surface area contributed by atoms with Crippen molar-refractivity contribution in [3.8, 4) is 0 Å². The van der Waals surface area contributed by atoms with Crippen LogP contribution in [0.25, 0.3) is 0 Å². The summed E-state index contributed by atoms with van der Waals surface area (Å²) in [6, 6.07) is 0. The lowest BCUT2D eigenvalue weighted by Gasteiger charge is -2.16. The molecular weight excluding hydrogens is 136 g/mol. The number of hydrogen-bond acceptors (Lipinski definition) is 1. The molecule has 0 amide bonds. The summed E-state index contributed by atoms with van der Waals surface area (Å²) in [6.07, 6.45) is 7.55. The average Bonchev–Trinajstić information content (AvgIpc) is 2.60. The van der Waals surface area contributed by atoms with E-state index in [0.717, 1.165) is 31.0 Å². The van der Waals surface area contributed by atoms with E-state index >= 15 is 0 Å². The van der Waals surface area contributed by atoms with Crippen LogP contribution in [0, 0.1) is 17.8 Å². The van der Waals surface area contributed by atoms with Crippen LogP contribution in [0.2, 0.25) is 0 Å². The summed E-state index contributed by atoms with van der Waals surface area (Å²) in [6.45, 7) is 3.93. The van der Waals surface area contributed by atoms with Crippen LogP contribution < -0.4 is 0 Å². The van der Waals surface area contributed by atoms with Gasteiger partial charge in [0.2, 0.25) is 0 Å². The first kappa shape index (κ1) is 7.35. The minimum atomic E-state index is 0.838. The van der Waals surface area contributed by atoms with E-state index in [-0.39, 0.29) is 0 Å². The SMILES string of the molecule is CCOCC1CC2C=CC1C2. The Morgan fingerprint density at radius 3 is 2.82 bits per heavy atom. The highest BCUT2D eigenvalue weighted by molar-refractivity contribution is 5.09. The van der Waals surface area contributed by atoms with Crippen LogP contribution >= 0.6 is 0 Å². The second kappa shape index (κ2) is 2.98. The molecule has 3 atom stereocenters. The average molecular weight is 152 g/mol. The number of hydrogen-bond donors (Lipinski definition) is 0. The molecule has 62 valence electrons. The first-order valence-corrected chi connectivity index (χ1v) is 4.66. The Kier molecular flexibility index (Phi) is 1.99. The third-order valence-electron chi connectivity index (χ3n) is 2.95. The van der Waals surface area contributed by atoms with Crippen molar-refractivity contribution in [2.24, 2.45) is 17.8 Å². The fourth-order valence-corrected chi connectivity index (χ4v) is 2.36. The molecule has 0 spiro atoms. The van der Waals surface area contributed by atoms with E-state index in [9.17, 15) is 0 Å². The van der Waals surface area contributed by atoms with Gasteiger partial charge in [-0.1, -0.05) is 12.2 Å². The molecule has 1 heteroatoms. The number of fused-ring (bicyclic) bond motifs is 2. The van der Waals surface area contributed by atoms with Crippen LogP contribution in [0.4, 0.5) is 0 Å². The van der Waals surface area contributed by atoms with Crippen molar-refractivity contribution in [1.82, 2.24) is 0 Å². The number of allylic oxidation sites excluding steroid dienone is 2. The van der Waals surface area contributed by atoms with Gasteiger partial charge in [0.1, 0.15) is 0 Å². The van der Waals surface area contributed by atoms with Crippen LogP contribution in [0.5, 0.6) is 0 Å². The second-order valence-corrected chi connectivity index (χ2v) is 3.70. The van der Waals surface area contributed by atoms with E-state index < -0.39 is 0 Å². The Morgan fingerprint density at radius 1 is 1.36 bits per heavy atom. The first-order valence-electron chi connectivity index (χ1n) is 4.66. The molecule has 0 radical (unpaired) electrons. The normalized spacial score (nSPS) is 40.3. The van der Waals surface area contributed by atoms with Crippen LogP contribution in [0.1, 0.15) is 19.8 Å². The molecule has 3 unspecified atom stereocenters. The molecule has 0 saturated heterocycles. The van der Waals surface area contributed by atoms with Crippen LogP contribution in [0.3, 0.4) is 0 Å². The van der Waals surface area contributed by atoms with Crippen LogP contribution in [-0.4, -0.2) is 13.2 Å². The Bertz CT molecular complexity index is 162. The lowest BCUT2D eigenvalue weighted by Crippen LogP contribution is -2.14. The van der Waals surface area contributed by atoms with Gasteiger partial charge in [0.05, 0.1) is 0 Å². The van der Waals surface area contributed by atoms with E-state index in [1.54, 1.807) is 0 Å². The molecule has 0 aliphatic heterocycles. The minimum Gasteiger partial charge on any atom is -0.381 e. The van der Waals surface area contributed by atoms with Gasteiger partial charge in [-0.15, -0.1) is 0 Å². The van der Waals surface area contributed by atoms with Crippen molar-refractivity contribution in [2.45, 2.75) is 19.8 Å². The zero-order valence-corrected chi connectivity index (χ0v) is 7.12. The lowest BCUT2D eigenvalue weighted by atomic mass is 9.95. The van der Waals surface area contributed by atoms with Crippen LogP contribution in [-0.2, 0) is 4.74 Å². The molecule has 0 N–H and O–H groups in total. The van der Waals surface area contributed by atoms with E-state index in [4.69, 9.17) is 4.74 Å². The van der Waals surface area contributed by atoms with Gasteiger partial charge in [0, 0.05) is 13.2 Å². The van der Waals surface area contributed by atoms with Gasteiger partial charge in [-0.05, 0) is 37.5 Å². The van der Waals surface area contributed by atoms with Crippen molar-refractivity contribution in [2.75, 3.05) is 13.2 Å². The summed E-state index contributed by atoms with van der Waals surface area (Å²) in [5.74, 6) is 2.59. The largest absolute Gasteiger partial charge is 0.381 e. The quantitative estimate of drug-likeness (QED) is 0.563. The third-order valence-corrected chi connectivity index (χ3v) is 2.95. The van der Waals surface area contributed by atoms with Crippen molar-refractivity contribution in [1.29, 1.82) is 0 Å². The van der Waals surface area contributed by atoms with Gasteiger partial charge in [-0.25, -0.2) is 0 Å². The summed E-state index contributed by atoms with van der Waals surface area (Å²) in [7, 11) is 0. The highest BCUT2D eigenvalue weighted by Crippen LogP contribution is 2.43. The maximum atomic E-state index is 5.44. The monoisotopic (exact) mass is 152 g/mol. The summed E-state index contributed by atoms with van der Waals surface area (Å²) in [5.41, 5.74) is 0. The Hall–Kier alpha value is -0.300. The topological polar surface area (TPSA) is 9.23 Å². The fourth-order valence-electron chi connectivity index (χ4n) is 2.36. The molecule has 1 nitrogen and oxygen atoms in total. The predicted octanol–water partition coefficient (Wildman–Crippen LogP) is 2.24. The molecule has 0 aromatic carbocycles. The lowest BCUT2D eigenvalue weighted by molar-refractivity contribution is 0.101. The smallest absolute Gasteiger partial charge is 0.0499 e. The minimum absolute atomic E-state index is 0.838. The highest BCUT2D eigenvalue weighted by Gasteiger charge is 2.35. The first-order chi connectivity index (χ1) is 5.40. The molecule has 0 aromatic heterocycles. The molecule has 2 rings (SSSR count). The molecule has 1 fully saturated rings. The Labute approximate surface area is 68.4 Å². The maximum Gasteiger partial charge on any atom is 0.0499 e.